The van der Waals surface area contributed by atoms with Crippen LogP contribution in [0.1, 0.15) is 48.1 Å². The van der Waals surface area contributed by atoms with Gasteiger partial charge in [-0.1, -0.05) is 6.07 Å². The second-order valence-electron chi connectivity index (χ2n) is 7.33. The van der Waals surface area contributed by atoms with Crippen molar-refractivity contribution in [2.75, 3.05) is 24.9 Å². The number of aryl methyl sites for hydroxylation is 3. The fourth-order valence-electron chi connectivity index (χ4n) is 3.58. The molecule has 2 aromatic rings. The molecular formula is C22H29N2O5P. The van der Waals surface area contributed by atoms with Crippen LogP contribution in [0.25, 0.3) is 0 Å². The van der Waals surface area contributed by atoms with Crippen LogP contribution in [-0.2, 0) is 31.2 Å². The van der Waals surface area contributed by atoms with E-state index < -0.39 is 7.60 Å². The number of amides is 1. The number of fused-ring (bicyclic) bond motifs is 1. The first-order chi connectivity index (χ1) is 14.3. The summed E-state index contributed by atoms with van der Waals surface area (Å²) in [4.78, 5) is 15.9. The summed E-state index contributed by atoms with van der Waals surface area (Å²) < 4.78 is 28.9. The number of carbonyl (C=O) groups excluding carboxylic acids is 1. The van der Waals surface area contributed by atoms with Crippen LogP contribution in [0.3, 0.4) is 0 Å². The Bertz CT molecular complexity index is 943. The van der Waals surface area contributed by atoms with Crippen LogP contribution in [0.15, 0.2) is 24.4 Å². The first kappa shape index (κ1) is 22.5. The van der Waals surface area contributed by atoms with Gasteiger partial charge in [-0.2, -0.15) is 0 Å². The molecule has 1 amide bonds. The van der Waals surface area contributed by atoms with E-state index in [2.05, 4.69) is 16.4 Å². The van der Waals surface area contributed by atoms with Gasteiger partial charge in [0.05, 0.1) is 13.2 Å². The zero-order chi connectivity index (χ0) is 21.7. The molecule has 8 heteroatoms. The topological polar surface area (TPSA) is 86.8 Å². The lowest BCUT2D eigenvalue weighted by Crippen LogP contribution is -2.20. The molecule has 0 bridgehead atoms. The smallest absolute Gasteiger partial charge is 0.367 e. The van der Waals surface area contributed by atoms with E-state index >= 15 is 0 Å². The average Bonchev–Trinajstić information content (AvgIpc) is 2.70. The zero-order valence-electron chi connectivity index (χ0n) is 18.0. The van der Waals surface area contributed by atoms with Crippen molar-refractivity contribution in [2.45, 2.75) is 47.0 Å². The zero-order valence-corrected chi connectivity index (χ0v) is 18.9. The summed E-state index contributed by atoms with van der Waals surface area (Å²) >= 11 is 0. The van der Waals surface area contributed by atoms with Crippen LogP contribution in [0, 0.1) is 13.8 Å². The van der Waals surface area contributed by atoms with Crippen LogP contribution in [-0.4, -0.2) is 30.5 Å². The lowest BCUT2D eigenvalue weighted by Gasteiger charge is -2.19. The molecular weight excluding hydrogens is 403 g/mol. The van der Waals surface area contributed by atoms with Crippen molar-refractivity contribution in [2.24, 2.45) is 0 Å². The summed E-state index contributed by atoms with van der Waals surface area (Å²) in [6.45, 7) is 8.22. The summed E-state index contributed by atoms with van der Waals surface area (Å²) in [7, 11) is -3.26. The van der Waals surface area contributed by atoms with Crippen LogP contribution < -0.4 is 10.1 Å². The third kappa shape index (κ3) is 5.48. The molecule has 2 heterocycles. The Balaban J connectivity index is 1.73. The maximum atomic E-state index is 12.6. The molecule has 3 rings (SSSR count). The third-order valence-corrected chi connectivity index (χ3v) is 6.74. The van der Waals surface area contributed by atoms with Crippen LogP contribution in [0.4, 0.5) is 5.82 Å². The van der Waals surface area contributed by atoms with Gasteiger partial charge in [-0.25, -0.2) is 4.98 Å². The number of hydrogen-bond acceptors (Lipinski definition) is 6. The molecule has 0 aliphatic carbocycles. The molecule has 0 atom stereocenters. The molecule has 0 radical (unpaired) electrons. The van der Waals surface area contributed by atoms with Gasteiger partial charge in [0.2, 0.25) is 5.91 Å². The number of nitrogens with one attached hydrogen (secondary N) is 1. The maximum Gasteiger partial charge on any atom is 0.367 e. The second kappa shape index (κ2) is 9.73. The number of rotatable bonds is 9. The Kier molecular flexibility index (Phi) is 7.29. The van der Waals surface area contributed by atoms with E-state index in [0.717, 1.165) is 28.7 Å². The SMILES string of the molecule is CCOP(=O)(COc1cc(C)c(Cc2cnc3c(c2)CCC(=O)N3)c(C)c1)OCC. The van der Waals surface area contributed by atoms with Crippen LogP contribution >= 0.6 is 7.60 Å². The minimum Gasteiger partial charge on any atom is -0.481 e. The summed E-state index contributed by atoms with van der Waals surface area (Å²) in [5.74, 6) is 1.32. The van der Waals surface area contributed by atoms with Crippen molar-refractivity contribution in [1.29, 1.82) is 0 Å². The molecule has 162 valence electrons. The Morgan fingerprint density at radius 1 is 1.07 bits per heavy atom. The van der Waals surface area contributed by atoms with Gasteiger partial charge in [0.1, 0.15) is 11.6 Å². The normalized spacial score (nSPS) is 13.7. The Morgan fingerprint density at radius 3 is 2.37 bits per heavy atom. The summed E-state index contributed by atoms with van der Waals surface area (Å²) in [6, 6.07) is 6.00. The molecule has 0 unspecified atom stereocenters. The van der Waals surface area contributed by atoms with Gasteiger partial charge in [-0.15, -0.1) is 0 Å². The van der Waals surface area contributed by atoms with Crippen LogP contribution in [0.2, 0.25) is 0 Å². The molecule has 0 fully saturated rings. The number of hydrogen-bond donors (Lipinski definition) is 1. The van der Waals surface area contributed by atoms with E-state index in [1.54, 1.807) is 13.8 Å². The molecule has 7 nitrogen and oxygen atoms in total. The molecule has 1 aliphatic heterocycles. The van der Waals surface area contributed by atoms with Crippen molar-refractivity contribution in [1.82, 2.24) is 4.98 Å². The number of pyridine rings is 1. The van der Waals surface area contributed by atoms with Crippen molar-refractivity contribution < 1.29 is 23.1 Å². The number of benzene rings is 1. The Labute approximate surface area is 177 Å². The van der Waals surface area contributed by atoms with E-state index in [1.807, 2.05) is 32.2 Å². The Hall–Kier alpha value is -2.21. The lowest BCUT2D eigenvalue weighted by molar-refractivity contribution is -0.116. The fraction of sp³-hybridized carbons (Fsp3) is 0.455. The van der Waals surface area contributed by atoms with Gasteiger partial charge in [-0.3, -0.25) is 9.36 Å². The Morgan fingerprint density at radius 2 is 1.73 bits per heavy atom. The number of ether oxygens (including phenoxy) is 1. The van der Waals surface area contributed by atoms with Gasteiger partial charge in [-0.05, 0) is 80.5 Å². The molecule has 1 aromatic heterocycles. The quantitative estimate of drug-likeness (QED) is 0.574. The molecule has 30 heavy (non-hydrogen) atoms. The third-order valence-electron chi connectivity index (χ3n) is 4.99. The number of anilines is 1. The summed E-state index contributed by atoms with van der Waals surface area (Å²) in [5, 5.41) is 2.82. The van der Waals surface area contributed by atoms with E-state index in [1.165, 1.54) is 5.56 Å². The number of nitrogens with zero attached hydrogens (tertiary/aromatic N) is 1. The van der Waals surface area contributed by atoms with E-state index in [9.17, 15) is 9.36 Å². The van der Waals surface area contributed by atoms with Gasteiger partial charge in [0, 0.05) is 12.6 Å². The van der Waals surface area contributed by atoms with Crippen molar-refractivity contribution in [3.8, 4) is 5.75 Å². The monoisotopic (exact) mass is 432 g/mol. The fourth-order valence-corrected chi connectivity index (χ4v) is 4.90. The highest BCUT2D eigenvalue weighted by Gasteiger charge is 2.25. The standard InChI is InChI=1S/C22H29N2O5P/c1-5-28-30(26,29-6-2)14-27-19-9-15(3)20(16(4)10-19)12-17-11-18-7-8-21(25)24-22(18)23-13-17/h9-11,13H,5-8,12,14H2,1-4H3,(H,23,24,25). The predicted molar refractivity (Wildman–Crippen MR) is 116 cm³/mol. The first-order valence-electron chi connectivity index (χ1n) is 10.2. The average molecular weight is 432 g/mol. The number of aromatic nitrogens is 1. The van der Waals surface area contributed by atoms with Crippen molar-refractivity contribution in [3.05, 3.63) is 52.2 Å². The minimum absolute atomic E-state index is 0.0169. The summed E-state index contributed by atoms with van der Waals surface area (Å²) in [6.07, 6.45) is 3.64. The van der Waals surface area contributed by atoms with Gasteiger partial charge < -0.3 is 19.1 Å². The van der Waals surface area contributed by atoms with E-state index in [-0.39, 0.29) is 12.3 Å². The predicted octanol–water partition coefficient (Wildman–Crippen LogP) is 4.78. The molecule has 0 saturated carbocycles. The van der Waals surface area contributed by atoms with Crippen molar-refractivity contribution >= 4 is 19.3 Å². The molecule has 1 N–H and O–H groups in total. The lowest BCUT2D eigenvalue weighted by atomic mass is 9.95. The highest BCUT2D eigenvalue weighted by molar-refractivity contribution is 7.53. The highest BCUT2D eigenvalue weighted by atomic mass is 31.2. The summed E-state index contributed by atoms with van der Waals surface area (Å²) in [5.41, 5.74) is 5.53. The van der Waals surface area contributed by atoms with E-state index in [4.69, 9.17) is 13.8 Å². The second-order valence-corrected chi connectivity index (χ2v) is 9.33. The van der Waals surface area contributed by atoms with Gasteiger partial charge in [0.15, 0.2) is 6.35 Å². The minimum atomic E-state index is -3.26. The maximum absolute atomic E-state index is 12.6. The first-order valence-corrected chi connectivity index (χ1v) is 11.9. The number of carbonyl (C=O) groups is 1. The van der Waals surface area contributed by atoms with Crippen molar-refractivity contribution in [3.63, 3.8) is 0 Å². The molecule has 0 spiro atoms. The van der Waals surface area contributed by atoms with Crippen LogP contribution in [0.5, 0.6) is 5.75 Å². The largest absolute Gasteiger partial charge is 0.481 e. The molecule has 0 saturated heterocycles. The van der Waals surface area contributed by atoms with E-state index in [0.29, 0.717) is 37.6 Å². The van der Waals surface area contributed by atoms with Gasteiger partial charge >= 0.3 is 7.60 Å². The molecule has 1 aromatic carbocycles. The highest BCUT2D eigenvalue weighted by Crippen LogP contribution is 2.48. The molecule has 1 aliphatic rings. The van der Waals surface area contributed by atoms with Gasteiger partial charge in [0.25, 0.3) is 0 Å².